The van der Waals surface area contributed by atoms with Gasteiger partial charge in [-0.2, -0.15) is 0 Å². The summed E-state index contributed by atoms with van der Waals surface area (Å²) in [6.07, 6.45) is -0.652. The Labute approximate surface area is 174 Å². The first-order chi connectivity index (χ1) is 13.9. The Bertz CT molecular complexity index is 634. The molecule has 0 aliphatic heterocycles. The van der Waals surface area contributed by atoms with E-state index in [0.29, 0.717) is 6.42 Å². The van der Waals surface area contributed by atoms with Crippen molar-refractivity contribution in [2.45, 2.75) is 57.8 Å². The lowest BCUT2D eigenvalue weighted by Crippen LogP contribution is -2.55. The highest BCUT2D eigenvalue weighted by atomic mass is 16.4. The second-order valence-corrected chi connectivity index (χ2v) is 7.12. The fourth-order valence-electron chi connectivity index (χ4n) is 2.29. The van der Waals surface area contributed by atoms with Crippen LogP contribution in [0, 0.1) is 5.92 Å². The number of rotatable bonds is 13. The van der Waals surface area contributed by atoms with Gasteiger partial charge in [-0.25, -0.2) is 4.79 Å². The maximum absolute atomic E-state index is 12.5. The highest BCUT2D eigenvalue weighted by Gasteiger charge is 2.28. The number of hydrogen-bond donors (Lipinski definition) is 8. The Morgan fingerprint density at radius 2 is 1.63 bits per heavy atom. The van der Waals surface area contributed by atoms with Crippen LogP contribution in [0.25, 0.3) is 0 Å². The van der Waals surface area contributed by atoms with Gasteiger partial charge in [-0.15, -0.1) is 0 Å². The molecule has 0 aliphatic carbocycles. The van der Waals surface area contributed by atoms with Crippen LogP contribution < -0.4 is 33.2 Å². The molecular weight excluding hydrogens is 398 g/mol. The van der Waals surface area contributed by atoms with Gasteiger partial charge in [0.2, 0.25) is 17.7 Å². The molecule has 172 valence electrons. The van der Waals surface area contributed by atoms with E-state index in [-0.39, 0.29) is 24.8 Å². The molecule has 0 radical (unpaired) electrons. The topological polar surface area (TPSA) is 235 Å². The maximum atomic E-state index is 12.5. The van der Waals surface area contributed by atoms with E-state index in [0.717, 1.165) is 0 Å². The molecule has 30 heavy (non-hydrogen) atoms. The fraction of sp³-hybridized carbons (Fsp3) is 0.706. The van der Waals surface area contributed by atoms with Gasteiger partial charge in [-0.1, -0.05) is 13.8 Å². The normalized spacial score (nSPS) is 14.7. The van der Waals surface area contributed by atoms with E-state index in [1.54, 1.807) is 13.8 Å². The lowest BCUT2D eigenvalue weighted by molar-refractivity contribution is -0.143. The molecular formula is C17H33N7O6. The van der Waals surface area contributed by atoms with E-state index in [4.69, 9.17) is 17.2 Å². The summed E-state index contributed by atoms with van der Waals surface area (Å²) in [5.74, 6) is -3.84. The molecule has 0 heterocycles. The molecule has 4 unspecified atom stereocenters. The molecule has 0 saturated heterocycles. The zero-order chi connectivity index (χ0) is 23.4. The molecule has 0 aromatic heterocycles. The summed E-state index contributed by atoms with van der Waals surface area (Å²) in [4.78, 5) is 51.5. The number of nitrogens with one attached hydrogen (secondary N) is 3. The number of aliphatic imine (C=N–C) groups is 1. The van der Waals surface area contributed by atoms with Crippen molar-refractivity contribution in [3.05, 3.63) is 0 Å². The first-order valence-electron chi connectivity index (χ1n) is 9.46. The first-order valence-corrected chi connectivity index (χ1v) is 9.46. The van der Waals surface area contributed by atoms with Crippen LogP contribution in [0.4, 0.5) is 0 Å². The zero-order valence-corrected chi connectivity index (χ0v) is 17.4. The zero-order valence-electron chi connectivity index (χ0n) is 17.4. The number of carbonyl (C=O) groups is 4. The molecule has 13 heteroatoms. The second kappa shape index (κ2) is 13.3. The van der Waals surface area contributed by atoms with Gasteiger partial charge < -0.3 is 43.4 Å². The lowest BCUT2D eigenvalue weighted by Gasteiger charge is -2.23. The van der Waals surface area contributed by atoms with Crippen LogP contribution in [0.15, 0.2) is 4.99 Å². The minimum Gasteiger partial charge on any atom is -0.480 e. The van der Waals surface area contributed by atoms with Crippen LogP contribution in [0.3, 0.4) is 0 Å². The largest absolute Gasteiger partial charge is 0.480 e. The Kier molecular flexibility index (Phi) is 12.0. The fourth-order valence-corrected chi connectivity index (χ4v) is 2.29. The minimum atomic E-state index is -1.21. The molecule has 3 amide bonds. The van der Waals surface area contributed by atoms with Gasteiger partial charge in [-0.3, -0.25) is 19.4 Å². The van der Waals surface area contributed by atoms with E-state index >= 15 is 0 Å². The number of nitrogens with two attached hydrogens (primary N) is 3. The van der Waals surface area contributed by atoms with E-state index in [1.807, 2.05) is 0 Å². The summed E-state index contributed by atoms with van der Waals surface area (Å²) < 4.78 is 0. The van der Waals surface area contributed by atoms with E-state index in [9.17, 15) is 29.4 Å². The maximum Gasteiger partial charge on any atom is 0.326 e. The van der Waals surface area contributed by atoms with Crippen molar-refractivity contribution in [3.8, 4) is 0 Å². The molecule has 11 N–H and O–H groups in total. The molecule has 0 aliphatic rings. The van der Waals surface area contributed by atoms with Crippen LogP contribution in [-0.4, -0.2) is 77.2 Å². The number of carboxylic acid groups (broad SMARTS) is 1. The van der Waals surface area contributed by atoms with Gasteiger partial charge >= 0.3 is 5.97 Å². The molecule has 0 fully saturated rings. The van der Waals surface area contributed by atoms with Gasteiger partial charge in [0.25, 0.3) is 0 Å². The van der Waals surface area contributed by atoms with Gasteiger partial charge in [0.1, 0.15) is 18.1 Å². The van der Waals surface area contributed by atoms with Crippen LogP contribution in [0.1, 0.15) is 33.6 Å². The number of amides is 3. The Balaban J connectivity index is 5.04. The first kappa shape index (κ1) is 27.1. The van der Waals surface area contributed by atoms with Crippen LogP contribution in [-0.2, 0) is 19.2 Å². The van der Waals surface area contributed by atoms with Crippen LogP contribution >= 0.6 is 0 Å². The molecule has 0 spiro atoms. The molecule has 0 aromatic carbocycles. The van der Waals surface area contributed by atoms with Crippen LogP contribution in [0.5, 0.6) is 0 Å². The smallest absolute Gasteiger partial charge is 0.326 e. The Morgan fingerprint density at radius 3 is 2.10 bits per heavy atom. The van der Waals surface area contributed by atoms with Gasteiger partial charge in [0, 0.05) is 6.54 Å². The predicted octanol–water partition coefficient (Wildman–Crippen LogP) is -3.43. The van der Waals surface area contributed by atoms with Crippen molar-refractivity contribution in [2.24, 2.45) is 28.1 Å². The average molecular weight is 431 g/mol. The third-order valence-electron chi connectivity index (χ3n) is 4.07. The van der Waals surface area contributed by atoms with Crippen molar-refractivity contribution in [3.63, 3.8) is 0 Å². The third-order valence-corrected chi connectivity index (χ3v) is 4.07. The van der Waals surface area contributed by atoms with Crippen molar-refractivity contribution in [1.29, 1.82) is 0 Å². The summed E-state index contributed by atoms with van der Waals surface area (Å²) in [6, 6.07) is -3.42. The second-order valence-electron chi connectivity index (χ2n) is 7.12. The summed E-state index contributed by atoms with van der Waals surface area (Å²) in [6.45, 7) is 4.31. The van der Waals surface area contributed by atoms with E-state index in [2.05, 4.69) is 20.9 Å². The number of hydrogen-bond acceptors (Lipinski definition) is 7. The summed E-state index contributed by atoms with van der Waals surface area (Å²) in [5.41, 5.74) is 15.9. The van der Waals surface area contributed by atoms with Crippen LogP contribution in [0.2, 0.25) is 0 Å². The molecule has 0 rings (SSSR count). The number of nitrogens with zero attached hydrogens (tertiary/aromatic N) is 1. The highest BCUT2D eigenvalue weighted by molar-refractivity contribution is 5.92. The van der Waals surface area contributed by atoms with E-state index < -0.39 is 54.5 Å². The van der Waals surface area contributed by atoms with Gasteiger partial charge in [-0.05, 0) is 25.7 Å². The molecule has 4 atom stereocenters. The summed E-state index contributed by atoms with van der Waals surface area (Å²) >= 11 is 0. The molecule has 0 bridgehead atoms. The predicted molar refractivity (Wildman–Crippen MR) is 109 cm³/mol. The minimum absolute atomic E-state index is 0.122. The van der Waals surface area contributed by atoms with Gasteiger partial charge in [0.05, 0.1) is 12.6 Å². The number of carboxylic acids is 1. The SMILES string of the molecule is CC(C)C(NC(=O)C(CCCN=C(N)N)NC(=O)CNC(=O)C(N)C(C)O)C(=O)O. The molecule has 0 aromatic rings. The Morgan fingerprint density at radius 1 is 1.03 bits per heavy atom. The lowest BCUT2D eigenvalue weighted by atomic mass is 10.0. The summed E-state index contributed by atoms with van der Waals surface area (Å²) in [5, 5.41) is 25.6. The number of aliphatic hydroxyl groups is 1. The highest BCUT2D eigenvalue weighted by Crippen LogP contribution is 2.05. The number of aliphatic hydroxyl groups excluding tert-OH is 1. The Hall–Kier alpha value is -2.93. The van der Waals surface area contributed by atoms with Crippen molar-refractivity contribution in [2.75, 3.05) is 13.1 Å². The number of guanidine groups is 1. The number of carbonyl (C=O) groups excluding carboxylic acids is 3. The standard InChI is InChI=1S/C17H33N7O6/c1-8(2)13(16(29)30)24-14(27)10(5-4-6-21-17(19)20)23-11(26)7-22-15(28)12(18)9(3)25/h8-10,12-13,25H,4-7,18H2,1-3H3,(H,22,28)(H,23,26)(H,24,27)(H,29,30)(H4,19,20,21). The van der Waals surface area contributed by atoms with Crippen molar-refractivity contribution in [1.82, 2.24) is 16.0 Å². The average Bonchev–Trinajstić information content (AvgIpc) is 2.64. The number of aliphatic carboxylic acids is 1. The summed E-state index contributed by atoms with van der Waals surface area (Å²) in [7, 11) is 0. The molecule has 13 nitrogen and oxygen atoms in total. The molecule has 0 saturated carbocycles. The van der Waals surface area contributed by atoms with E-state index in [1.165, 1.54) is 6.92 Å². The van der Waals surface area contributed by atoms with Crippen molar-refractivity contribution < 1.29 is 29.4 Å². The van der Waals surface area contributed by atoms with Crippen molar-refractivity contribution >= 4 is 29.7 Å². The quantitative estimate of drug-likeness (QED) is 0.0821. The van der Waals surface area contributed by atoms with Gasteiger partial charge in [0.15, 0.2) is 5.96 Å². The monoisotopic (exact) mass is 431 g/mol. The third kappa shape index (κ3) is 10.6.